The number of benzene rings is 1. The third kappa shape index (κ3) is 5.76. The maximum Gasteiger partial charge on any atom is 0.267 e. The summed E-state index contributed by atoms with van der Waals surface area (Å²) < 4.78 is 0. The van der Waals surface area contributed by atoms with E-state index in [9.17, 15) is 4.79 Å². The lowest BCUT2D eigenvalue weighted by Crippen LogP contribution is -2.17. The number of amides is 1. The number of carbonyl (C=O) groups is 1. The number of hydrogen-bond acceptors (Lipinski definition) is 4. The minimum absolute atomic E-state index is 0.0134. The van der Waals surface area contributed by atoms with Crippen LogP contribution >= 0.6 is 11.6 Å². The number of nitrogens with zero attached hydrogens (tertiary/aromatic N) is 1. The molecule has 0 aliphatic rings. The average molecular weight is 307 g/mol. The standard InChI is InChI=1S/C15H19ClN4O/c1-2-3-4-7-19-10-11(9-17)15(21)20-12-5-6-14(18)13(16)8-12/h5-6,8,10,19H,2-4,7,18H2,1H3,(H,20,21)/b11-10-. The molecule has 0 aliphatic heterocycles. The molecule has 0 unspecified atom stereocenters. The van der Waals surface area contributed by atoms with Gasteiger partial charge in [-0.15, -0.1) is 0 Å². The maximum absolute atomic E-state index is 11.9. The summed E-state index contributed by atoms with van der Waals surface area (Å²) in [6.45, 7) is 2.85. The SMILES string of the molecule is CCCCCN/C=C(/C#N)C(=O)Nc1ccc(N)c(Cl)c1. The summed E-state index contributed by atoms with van der Waals surface area (Å²) in [6.07, 6.45) is 4.67. The molecule has 0 radical (unpaired) electrons. The van der Waals surface area contributed by atoms with Gasteiger partial charge >= 0.3 is 0 Å². The van der Waals surface area contributed by atoms with Gasteiger partial charge in [-0.1, -0.05) is 31.4 Å². The zero-order chi connectivity index (χ0) is 15.7. The minimum Gasteiger partial charge on any atom is -0.398 e. The molecule has 0 bridgehead atoms. The third-order valence-electron chi connectivity index (χ3n) is 2.79. The van der Waals surface area contributed by atoms with Gasteiger partial charge in [-0.3, -0.25) is 4.79 Å². The number of anilines is 2. The second-order valence-corrected chi connectivity index (χ2v) is 4.93. The van der Waals surface area contributed by atoms with Crippen molar-refractivity contribution in [3.8, 4) is 6.07 Å². The van der Waals surface area contributed by atoms with Crippen molar-refractivity contribution in [3.05, 3.63) is 35.0 Å². The van der Waals surface area contributed by atoms with Crippen LogP contribution in [0.15, 0.2) is 30.0 Å². The van der Waals surface area contributed by atoms with E-state index in [0.717, 1.165) is 25.8 Å². The van der Waals surface area contributed by atoms with Crippen LogP contribution in [0.1, 0.15) is 26.2 Å². The Hall–Kier alpha value is -2.19. The second kappa shape index (κ2) is 8.88. The summed E-state index contributed by atoms with van der Waals surface area (Å²) in [5, 5.41) is 14.9. The minimum atomic E-state index is -0.485. The molecule has 21 heavy (non-hydrogen) atoms. The molecule has 0 saturated carbocycles. The van der Waals surface area contributed by atoms with Crippen LogP contribution in [0.2, 0.25) is 5.02 Å². The highest BCUT2D eigenvalue weighted by molar-refractivity contribution is 6.33. The van der Waals surface area contributed by atoms with Gasteiger partial charge < -0.3 is 16.4 Å². The molecular weight excluding hydrogens is 288 g/mol. The summed E-state index contributed by atoms with van der Waals surface area (Å²) in [6, 6.07) is 6.63. The van der Waals surface area contributed by atoms with E-state index in [1.807, 2.05) is 6.07 Å². The first-order valence-corrected chi connectivity index (χ1v) is 7.16. The Morgan fingerprint density at radius 3 is 2.86 bits per heavy atom. The number of nitrogen functional groups attached to an aromatic ring is 1. The second-order valence-electron chi connectivity index (χ2n) is 4.52. The zero-order valence-electron chi connectivity index (χ0n) is 11.9. The van der Waals surface area contributed by atoms with Crippen LogP contribution in [-0.4, -0.2) is 12.5 Å². The van der Waals surface area contributed by atoms with Gasteiger partial charge in [0.2, 0.25) is 0 Å². The number of nitrogens with two attached hydrogens (primary N) is 1. The highest BCUT2D eigenvalue weighted by Gasteiger charge is 2.09. The van der Waals surface area contributed by atoms with Crippen molar-refractivity contribution in [2.24, 2.45) is 0 Å². The zero-order valence-corrected chi connectivity index (χ0v) is 12.7. The van der Waals surface area contributed by atoms with Gasteiger partial charge in [0.05, 0.1) is 10.7 Å². The average Bonchev–Trinajstić information content (AvgIpc) is 2.46. The highest BCUT2D eigenvalue weighted by Crippen LogP contribution is 2.22. The molecule has 0 spiro atoms. The molecule has 1 amide bonds. The first-order valence-electron chi connectivity index (χ1n) is 6.78. The van der Waals surface area contributed by atoms with Gasteiger partial charge in [-0.05, 0) is 24.6 Å². The van der Waals surface area contributed by atoms with E-state index in [-0.39, 0.29) is 5.57 Å². The van der Waals surface area contributed by atoms with Crippen molar-refractivity contribution in [1.82, 2.24) is 5.32 Å². The van der Waals surface area contributed by atoms with E-state index in [4.69, 9.17) is 22.6 Å². The van der Waals surface area contributed by atoms with Crippen LogP contribution in [0.25, 0.3) is 0 Å². The van der Waals surface area contributed by atoms with E-state index >= 15 is 0 Å². The smallest absolute Gasteiger partial charge is 0.267 e. The number of nitriles is 1. The monoisotopic (exact) mass is 306 g/mol. The van der Waals surface area contributed by atoms with Crippen molar-refractivity contribution in [3.63, 3.8) is 0 Å². The van der Waals surface area contributed by atoms with Crippen LogP contribution in [0.3, 0.4) is 0 Å². The summed E-state index contributed by atoms with van der Waals surface area (Å²) in [5.41, 5.74) is 6.53. The van der Waals surface area contributed by atoms with Gasteiger partial charge in [0.15, 0.2) is 0 Å². The van der Waals surface area contributed by atoms with E-state index in [2.05, 4.69) is 17.6 Å². The van der Waals surface area contributed by atoms with Crippen LogP contribution in [0.4, 0.5) is 11.4 Å². The van der Waals surface area contributed by atoms with Gasteiger partial charge in [-0.25, -0.2) is 0 Å². The normalized spacial score (nSPS) is 10.8. The number of halogens is 1. The number of hydrogen-bond donors (Lipinski definition) is 3. The predicted molar refractivity (Wildman–Crippen MR) is 85.7 cm³/mol. The van der Waals surface area contributed by atoms with E-state index < -0.39 is 5.91 Å². The van der Waals surface area contributed by atoms with Crippen molar-refractivity contribution in [2.75, 3.05) is 17.6 Å². The predicted octanol–water partition coefficient (Wildman–Crippen LogP) is 3.05. The van der Waals surface area contributed by atoms with Crippen molar-refractivity contribution < 1.29 is 4.79 Å². The Kier molecular flexibility index (Phi) is 7.13. The lowest BCUT2D eigenvalue weighted by molar-refractivity contribution is -0.112. The fourth-order valence-corrected chi connectivity index (χ4v) is 1.78. The Morgan fingerprint density at radius 2 is 2.24 bits per heavy atom. The highest BCUT2D eigenvalue weighted by atomic mass is 35.5. The molecule has 0 fully saturated rings. The largest absolute Gasteiger partial charge is 0.398 e. The van der Waals surface area contributed by atoms with Gasteiger partial charge in [0.1, 0.15) is 11.6 Å². The van der Waals surface area contributed by atoms with Crippen molar-refractivity contribution in [1.29, 1.82) is 5.26 Å². The third-order valence-corrected chi connectivity index (χ3v) is 3.12. The fraction of sp³-hybridized carbons (Fsp3) is 0.333. The number of rotatable bonds is 7. The number of nitrogens with one attached hydrogen (secondary N) is 2. The van der Waals surface area contributed by atoms with Gasteiger partial charge in [-0.2, -0.15) is 5.26 Å². The quantitative estimate of drug-likeness (QED) is 0.312. The van der Waals surface area contributed by atoms with Crippen LogP contribution < -0.4 is 16.4 Å². The molecule has 0 atom stereocenters. The lowest BCUT2D eigenvalue weighted by Gasteiger charge is -2.06. The molecule has 0 aliphatic carbocycles. The molecule has 0 saturated heterocycles. The van der Waals surface area contributed by atoms with Gasteiger partial charge in [0, 0.05) is 18.4 Å². The summed E-state index contributed by atoms with van der Waals surface area (Å²) in [4.78, 5) is 11.9. The topological polar surface area (TPSA) is 90.9 Å². The molecule has 1 rings (SSSR count). The Morgan fingerprint density at radius 1 is 1.48 bits per heavy atom. The Bertz CT molecular complexity index is 563. The van der Waals surface area contributed by atoms with Crippen LogP contribution in [0, 0.1) is 11.3 Å². The molecular formula is C15H19ClN4O. The number of unbranched alkanes of at least 4 members (excludes halogenated alkanes) is 2. The van der Waals surface area contributed by atoms with Crippen molar-refractivity contribution in [2.45, 2.75) is 26.2 Å². The molecule has 1 aromatic carbocycles. The summed E-state index contributed by atoms with van der Waals surface area (Å²) in [5.74, 6) is -0.485. The Labute approximate surface area is 129 Å². The van der Waals surface area contributed by atoms with E-state index in [0.29, 0.717) is 16.4 Å². The van der Waals surface area contributed by atoms with Crippen LogP contribution in [0.5, 0.6) is 0 Å². The van der Waals surface area contributed by atoms with Crippen molar-refractivity contribution >= 4 is 28.9 Å². The van der Waals surface area contributed by atoms with Gasteiger partial charge in [0.25, 0.3) is 5.91 Å². The molecule has 4 N–H and O–H groups in total. The van der Waals surface area contributed by atoms with E-state index in [1.54, 1.807) is 18.2 Å². The molecule has 6 heteroatoms. The molecule has 0 heterocycles. The molecule has 1 aromatic rings. The lowest BCUT2D eigenvalue weighted by atomic mass is 10.2. The maximum atomic E-state index is 11.9. The first-order chi connectivity index (χ1) is 10.1. The first kappa shape index (κ1) is 16.9. The number of carbonyl (C=O) groups excluding carboxylic acids is 1. The molecule has 112 valence electrons. The summed E-state index contributed by atoms with van der Waals surface area (Å²) >= 11 is 5.87. The molecule has 5 nitrogen and oxygen atoms in total. The summed E-state index contributed by atoms with van der Waals surface area (Å²) in [7, 11) is 0. The molecule has 0 aromatic heterocycles. The fourth-order valence-electron chi connectivity index (χ4n) is 1.60. The Balaban J connectivity index is 2.60. The van der Waals surface area contributed by atoms with Crippen LogP contribution in [-0.2, 0) is 4.79 Å². The van der Waals surface area contributed by atoms with E-state index in [1.165, 1.54) is 6.20 Å².